The van der Waals surface area contributed by atoms with Gasteiger partial charge < -0.3 is 24.1 Å². The van der Waals surface area contributed by atoms with Crippen LogP contribution in [0.25, 0.3) is 0 Å². The summed E-state index contributed by atoms with van der Waals surface area (Å²) in [4.78, 5) is 18.6. The zero-order chi connectivity index (χ0) is 17.6. The van der Waals surface area contributed by atoms with Crippen LogP contribution in [-0.2, 0) is 6.61 Å². The molecule has 1 aromatic heterocycles. The summed E-state index contributed by atoms with van der Waals surface area (Å²) in [6.45, 7) is 4.43. The molecule has 1 atom stereocenters. The van der Waals surface area contributed by atoms with Crippen LogP contribution in [0.2, 0.25) is 0 Å². The summed E-state index contributed by atoms with van der Waals surface area (Å²) < 4.78 is 16.2. The van der Waals surface area contributed by atoms with Crippen molar-refractivity contribution in [2.24, 2.45) is 0 Å². The highest BCUT2D eigenvalue weighted by Gasteiger charge is 2.25. The molecule has 3 rings (SSSR count). The van der Waals surface area contributed by atoms with Crippen molar-refractivity contribution in [1.82, 2.24) is 15.2 Å². The predicted molar refractivity (Wildman–Crippen MR) is 91.8 cm³/mol. The number of nitrogens with one attached hydrogen (secondary N) is 1. The molecule has 7 heteroatoms. The quantitative estimate of drug-likeness (QED) is 0.864. The minimum atomic E-state index is -0.101. The number of carbonyl (C=O) groups is 1. The first-order valence-electron chi connectivity index (χ1n) is 8.43. The fourth-order valence-electron chi connectivity index (χ4n) is 2.76. The van der Waals surface area contributed by atoms with Crippen LogP contribution in [0.4, 0.5) is 0 Å². The first-order valence-corrected chi connectivity index (χ1v) is 8.43. The summed E-state index contributed by atoms with van der Waals surface area (Å²) in [7, 11) is 1.60. The highest BCUT2D eigenvalue weighted by Crippen LogP contribution is 2.20. The molecule has 0 spiro atoms. The van der Waals surface area contributed by atoms with Gasteiger partial charge in [-0.25, -0.2) is 4.98 Å². The van der Waals surface area contributed by atoms with Crippen LogP contribution in [0.3, 0.4) is 0 Å². The van der Waals surface area contributed by atoms with Gasteiger partial charge in [0.15, 0.2) is 12.3 Å². The Balaban J connectivity index is 1.59. The van der Waals surface area contributed by atoms with Crippen molar-refractivity contribution in [3.8, 4) is 11.5 Å². The number of nitrogens with zero attached hydrogens (tertiary/aromatic N) is 2. The van der Waals surface area contributed by atoms with Gasteiger partial charge in [0, 0.05) is 31.7 Å². The van der Waals surface area contributed by atoms with E-state index in [1.54, 1.807) is 13.2 Å². The average Bonchev–Trinajstić information content (AvgIpc) is 3.15. The molecule has 0 unspecified atom stereocenters. The summed E-state index contributed by atoms with van der Waals surface area (Å²) in [5, 5.41) is 3.39. The van der Waals surface area contributed by atoms with Crippen molar-refractivity contribution in [3.05, 3.63) is 42.1 Å². The number of methoxy groups -OCH3 is 1. The van der Waals surface area contributed by atoms with E-state index < -0.39 is 0 Å². The highest BCUT2D eigenvalue weighted by molar-refractivity contribution is 5.92. The number of piperazine rings is 1. The number of carbonyl (C=O) groups excluding carboxylic acids is 1. The van der Waals surface area contributed by atoms with E-state index in [9.17, 15) is 4.79 Å². The lowest BCUT2D eigenvalue weighted by atomic mass is 10.1. The number of hydrogen-bond donors (Lipinski definition) is 1. The van der Waals surface area contributed by atoms with Gasteiger partial charge in [-0.05, 0) is 18.6 Å². The summed E-state index contributed by atoms with van der Waals surface area (Å²) in [6, 6.07) is 7.61. The van der Waals surface area contributed by atoms with Gasteiger partial charge in [-0.15, -0.1) is 0 Å². The molecule has 0 bridgehead atoms. The van der Waals surface area contributed by atoms with Gasteiger partial charge >= 0.3 is 0 Å². The molecule has 1 fully saturated rings. The maximum Gasteiger partial charge on any atom is 0.275 e. The van der Waals surface area contributed by atoms with Crippen LogP contribution in [0.5, 0.6) is 11.5 Å². The van der Waals surface area contributed by atoms with E-state index in [0.29, 0.717) is 42.2 Å². The van der Waals surface area contributed by atoms with Crippen LogP contribution < -0.4 is 14.8 Å². The summed E-state index contributed by atoms with van der Waals surface area (Å²) in [5.74, 6) is 1.63. The van der Waals surface area contributed by atoms with E-state index in [4.69, 9.17) is 13.9 Å². The van der Waals surface area contributed by atoms with Crippen LogP contribution in [-0.4, -0.2) is 48.6 Å². The monoisotopic (exact) mass is 345 g/mol. The van der Waals surface area contributed by atoms with Crippen molar-refractivity contribution in [2.45, 2.75) is 26.0 Å². The molecule has 7 nitrogen and oxygen atoms in total. The van der Waals surface area contributed by atoms with Gasteiger partial charge in [-0.1, -0.05) is 13.0 Å². The van der Waals surface area contributed by atoms with E-state index in [1.807, 2.05) is 23.1 Å². The second-order valence-corrected chi connectivity index (χ2v) is 5.90. The molecule has 1 aliphatic heterocycles. The second-order valence-electron chi connectivity index (χ2n) is 5.90. The Bertz CT molecular complexity index is 716. The molecule has 1 saturated heterocycles. The van der Waals surface area contributed by atoms with E-state index in [-0.39, 0.29) is 12.5 Å². The van der Waals surface area contributed by atoms with Crippen LogP contribution in [0.1, 0.15) is 29.7 Å². The van der Waals surface area contributed by atoms with Gasteiger partial charge in [0.1, 0.15) is 17.8 Å². The van der Waals surface area contributed by atoms with E-state index in [1.165, 1.54) is 6.26 Å². The number of aromatic nitrogens is 1. The molecule has 134 valence electrons. The van der Waals surface area contributed by atoms with Gasteiger partial charge in [0.05, 0.1) is 7.11 Å². The van der Waals surface area contributed by atoms with Crippen molar-refractivity contribution in [1.29, 1.82) is 0 Å². The highest BCUT2D eigenvalue weighted by atomic mass is 16.5. The molecule has 2 heterocycles. The van der Waals surface area contributed by atoms with Gasteiger partial charge in [-0.3, -0.25) is 4.79 Å². The van der Waals surface area contributed by atoms with Crippen LogP contribution >= 0.6 is 0 Å². The molecule has 0 radical (unpaired) electrons. The topological polar surface area (TPSA) is 76.8 Å². The van der Waals surface area contributed by atoms with E-state index in [0.717, 1.165) is 13.0 Å². The van der Waals surface area contributed by atoms with E-state index >= 15 is 0 Å². The Hall–Kier alpha value is -2.54. The lowest BCUT2D eigenvalue weighted by Crippen LogP contribution is -2.52. The smallest absolute Gasteiger partial charge is 0.275 e. The molecule has 1 aromatic carbocycles. The third-order valence-corrected chi connectivity index (χ3v) is 4.21. The summed E-state index contributed by atoms with van der Waals surface area (Å²) in [6.07, 6.45) is 2.39. The van der Waals surface area contributed by atoms with E-state index in [2.05, 4.69) is 17.2 Å². The normalized spacial score (nSPS) is 17.4. The van der Waals surface area contributed by atoms with Gasteiger partial charge in [0.25, 0.3) is 5.91 Å². The Morgan fingerprint density at radius 3 is 3.08 bits per heavy atom. The second kappa shape index (κ2) is 8.02. The Kier molecular flexibility index (Phi) is 5.55. The minimum Gasteiger partial charge on any atom is -0.497 e. The third-order valence-electron chi connectivity index (χ3n) is 4.21. The average molecular weight is 345 g/mol. The van der Waals surface area contributed by atoms with Crippen LogP contribution in [0.15, 0.2) is 34.9 Å². The Morgan fingerprint density at radius 2 is 2.28 bits per heavy atom. The Morgan fingerprint density at radius 1 is 1.44 bits per heavy atom. The number of hydrogen-bond acceptors (Lipinski definition) is 6. The summed E-state index contributed by atoms with van der Waals surface area (Å²) in [5.41, 5.74) is 0.320. The van der Waals surface area contributed by atoms with Crippen molar-refractivity contribution >= 4 is 5.91 Å². The molecular formula is C18H23N3O4. The first-order chi connectivity index (χ1) is 12.2. The standard InChI is InChI=1S/C18H23N3O4/c1-3-13-10-21(8-7-19-13)18(22)16-11-25-17(20-16)12-24-15-6-4-5-14(9-15)23-2/h4-6,9,11,13,19H,3,7-8,10,12H2,1-2H3/t13-/m1/s1. The number of rotatable bonds is 6. The van der Waals surface area contributed by atoms with Crippen LogP contribution in [0, 0.1) is 0 Å². The molecule has 1 amide bonds. The fourth-order valence-corrected chi connectivity index (χ4v) is 2.76. The molecular weight excluding hydrogens is 322 g/mol. The van der Waals surface area contributed by atoms with Crippen molar-refractivity contribution in [3.63, 3.8) is 0 Å². The van der Waals surface area contributed by atoms with Crippen molar-refractivity contribution in [2.75, 3.05) is 26.7 Å². The zero-order valence-electron chi connectivity index (χ0n) is 14.5. The van der Waals surface area contributed by atoms with Crippen molar-refractivity contribution < 1.29 is 18.7 Å². The molecule has 0 saturated carbocycles. The molecule has 1 N–H and O–H groups in total. The first kappa shape index (κ1) is 17.3. The lowest BCUT2D eigenvalue weighted by molar-refractivity contribution is 0.0695. The minimum absolute atomic E-state index is 0.101. The lowest BCUT2D eigenvalue weighted by Gasteiger charge is -2.32. The third kappa shape index (κ3) is 4.30. The molecule has 2 aromatic rings. The maximum atomic E-state index is 12.6. The largest absolute Gasteiger partial charge is 0.497 e. The Labute approximate surface area is 146 Å². The summed E-state index contributed by atoms with van der Waals surface area (Å²) >= 11 is 0. The number of oxazole rings is 1. The SMILES string of the molecule is CC[C@@H]1CN(C(=O)c2coc(COc3cccc(OC)c3)n2)CCN1. The maximum absolute atomic E-state index is 12.6. The predicted octanol–water partition coefficient (Wildman–Crippen LogP) is 2.09. The van der Waals surface area contributed by atoms with Gasteiger partial charge in [0.2, 0.25) is 5.89 Å². The number of ether oxygens (including phenoxy) is 2. The molecule has 0 aliphatic carbocycles. The van der Waals surface area contributed by atoms with Gasteiger partial charge in [-0.2, -0.15) is 0 Å². The molecule has 1 aliphatic rings. The number of amides is 1. The number of benzene rings is 1. The molecule has 25 heavy (non-hydrogen) atoms. The zero-order valence-corrected chi connectivity index (χ0v) is 14.5. The fraction of sp³-hybridized carbons (Fsp3) is 0.444.